The molecule has 0 unspecified atom stereocenters. The molecule has 72 valence electrons. The van der Waals surface area contributed by atoms with E-state index >= 15 is 0 Å². The number of aromatic nitrogens is 2. The van der Waals surface area contributed by atoms with E-state index in [0.29, 0.717) is 0 Å². The third-order valence-electron chi connectivity index (χ3n) is 2.09. The lowest BCUT2D eigenvalue weighted by atomic mass is 10.2. The molecule has 1 aromatic rings. The van der Waals surface area contributed by atoms with E-state index in [9.17, 15) is 0 Å². The van der Waals surface area contributed by atoms with Gasteiger partial charge in [-0.25, -0.2) is 0 Å². The van der Waals surface area contributed by atoms with E-state index < -0.39 is 0 Å². The zero-order valence-corrected chi connectivity index (χ0v) is 8.62. The van der Waals surface area contributed by atoms with Gasteiger partial charge in [0.25, 0.3) is 0 Å². The molecule has 2 atom stereocenters. The number of hydrogen-bond acceptors (Lipinski definition) is 5. The minimum atomic E-state index is 0.283. The van der Waals surface area contributed by atoms with Crippen molar-refractivity contribution in [2.45, 2.75) is 26.1 Å². The smallest absolute Gasteiger partial charge is 0.162 e. The van der Waals surface area contributed by atoms with Crippen molar-refractivity contribution in [3.05, 3.63) is 6.20 Å². The van der Waals surface area contributed by atoms with Gasteiger partial charge in [-0.2, -0.15) is 8.75 Å². The minimum Gasteiger partial charge on any atom is -0.372 e. The summed E-state index contributed by atoms with van der Waals surface area (Å²) in [5.41, 5.74) is 0. The number of hydrogen-bond donors (Lipinski definition) is 0. The molecule has 13 heavy (non-hydrogen) atoms. The number of rotatable bonds is 1. The molecule has 1 fully saturated rings. The van der Waals surface area contributed by atoms with Gasteiger partial charge in [-0.3, -0.25) is 0 Å². The van der Waals surface area contributed by atoms with E-state index in [1.165, 1.54) is 11.7 Å². The summed E-state index contributed by atoms with van der Waals surface area (Å²) >= 11 is 1.25. The van der Waals surface area contributed by atoms with Crippen molar-refractivity contribution in [2.24, 2.45) is 0 Å². The van der Waals surface area contributed by atoms with Crippen LogP contribution in [-0.2, 0) is 4.74 Å². The van der Waals surface area contributed by atoms with E-state index in [2.05, 4.69) is 27.5 Å². The maximum atomic E-state index is 5.63. The highest BCUT2D eigenvalue weighted by Crippen LogP contribution is 2.17. The summed E-state index contributed by atoms with van der Waals surface area (Å²) in [6.07, 6.45) is 2.38. The molecule has 1 aromatic heterocycles. The first-order valence-corrected chi connectivity index (χ1v) is 5.16. The number of morpholine rings is 1. The monoisotopic (exact) mass is 199 g/mol. The van der Waals surface area contributed by atoms with Crippen LogP contribution in [0.2, 0.25) is 0 Å². The molecule has 4 nitrogen and oxygen atoms in total. The molecule has 1 saturated heterocycles. The molecule has 0 aliphatic carbocycles. The Bertz CT molecular complexity index is 254. The van der Waals surface area contributed by atoms with Crippen LogP contribution in [0.25, 0.3) is 0 Å². The Labute approximate surface area is 81.9 Å². The molecular formula is C8H13N3OS. The van der Waals surface area contributed by atoms with Crippen LogP contribution in [0.4, 0.5) is 5.82 Å². The van der Waals surface area contributed by atoms with E-state index in [1.54, 1.807) is 0 Å². The Balaban J connectivity index is 2.07. The molecule has 0 spiro atoms. The summed E-state index contributed by atoms with van der Waals surface area (Å²) in [6.45, 7) is 6.00. The maximum Gasteiger partial charge on any atom is 0.162 e. The average Bonchev–Trinajstić information content (AvgIpc) is 2.53. The zero-order chi connectivity index (χ0) is 9.26. The molecule has 5 heteroatoms. The lowest BCUT2D eigenvalue weighted by molar-refractivity contribution is -0.00541. The van der Waals surface area contributed by atoms with Crippen LogP contribution in [0.15, 0.2) is 6.20 Å². The summed E-state index contributed by atoms with van der Waals surface area (Å²) in [5, 5.41) is 0. The summed E-state index contributed by atoms with van der Waals surface area (Å²) < 4.78 is 13.8. The highest BCUT2D eigenvalue weighted by molar-refractivity contribution is 6.99. The lowest BCUT2D eigenvalue weighted by Gasteiger charge is -2.35. The SMILES string of the molecule is C[C@@H]1CN(c2cnsn2)C[C@@H](C)O1. The zero-order valence-electron chi connectivity index (χ0n) is 7.80. The summed E-state index contributed by atoms with van der Waals surface area (Å²) in [7, 11) is 0. The Morgan fingerprint density at radius 3 is 2.69 bits per heavy atom. The topological polar surface area (TPSA) is 38.2 Å². The van der Waals surface area contributed by atoms with Crippen molar-refractivity contribution in [3.8, 4) is 0 Å². The number of anilines is 1. The van der Waals surface area contributed by atoms with E-state index in [-0.39, 0.29) is 12.2 Å². The van der Waals surface area contributed by atoms with Crippen LogP contribution in [-0.4, -0.2) is 34.0 Å². The molecule has 2 heterocycles. The van der Waals surface area contributed by atoms with Crippen molar-refractivity contribution >= 4 is 17.5 Å². The Kier molecular flexibility index (Phi) is 2.46. The van der Waals surface area contributed by atoms with Crippen LogP contribution >= 0.6 is 11.7 Å². The molecule has 1 aliphatic heterocycles. The van der Waals surface area contributed by atoms with Crippen LogP contribution in [0.3, 0.4) is 0 Å². The quantitative estimate of drug-likeness (QED) is 0.680. The molecule has 0 saturated carbocycles. The van der Waals surface area contributed by atoms with Gasteiger partial charge in [0, 0.05) is 13.1 Å². The van der Waals surface area contributed by atoms with E-state index in [4.69, 9.17) is 4.74 Å². The van der Waals surface area contributed by atoms with Gasteiger partial charge < -0.3 is 9.64 Å². The van der Waals surface area contributed by atoms with Crippen molar-refractivity contribution in [3.63, 3.8) is 0 Å². The predicted octanol–water partition coefficient (Wildman–Crippen LogP) is 1.15. The second kappa shape index (κ2) is 3.59. The first-order valence-electron chi connectivity index (χ1n) is 4.43. The van der Waals surface area contributed by atoms with Crippen LogP contribution in [0.5, 0.6) is 0 Å². The van der Waals surface area contributed by atoms with Crippen LogP contribution in [0.1, 0.15) is 13.8 Å². The van der Waals surface area contributed by atoms with Gasteiger partial charge in [0.15, 0.2) is 5.82 Å². The second-order valence-electron chi connectivity index (χ2n) is 3.43. The van der Waals surface area contributed by atoms with Crippen molar-refractivity contribution in [2.75, 3.05) is 18.0 Å². The van der Waals surface area contributed by atoms with Crippen molar-refractivity contribution in [1.29, 1.82) is 0 Å². The Morgan fingerprint density at radius 2 is 2.15 bits per heavy atom. The normalized spacial score (nSPS) is 29.2. The first kappa shape index (κ1) is 8.90. The predicted molar refractivity (Wildman–Crippen MR) is 52.1 cm³/mol. The largest absolute Gasteiger partial charge is 0.372 e. The molecule has 0 amide bonds. The molecule has 0 N–H and O–H groups in total. The van der Waals surface area contributed by atoms with E-state index in [0.717, 1.165) is 18.9 Å². The fourth-order valence-electron chi connectivity index (χ4n) is 1.66. The van der Waals surface area contributed by atoms with Gasteiger partial charge in [0.2, 0.25) is 0 Å². The summed E-state index contributed by atoms with van der Waals surface area (Å²) in [4.78, 5) is 2.22. The first-order chi connectivity index (χ1) is 6.25. The molecule has 1 aliphatic rings. The molecule has 0 bridgehead atoms. The van der Waals surface area contributed by atoms with Gasteiger partial charge in [-0.1, -0.05) is 0 Å². The molecule has 2 rings (SSSR count). The van der Waals surface area contributed by atoms with Gasteiger partial charge in [0.1, 0.15) is 0 Å². The highest BCUT2D eigenvalue weighted by atomic mass is 32.1. The van der Waals surface area contributed by atoms with Gasteiger partial charge >= 0.3 is 0 Å². The fraction of sp³-hybridized carbons (Fsp3) is 0.750. The second-order valence-corrected chi connectivity index (χ2v) is 3.98. The fourth-order valence-corrected chi connectivity index (χ4v) is 2.10. The molecule has 0 aromatic carbocycles. The third-order valence-corrected chi connectivity index (χ3v) is 2.56. The van der Waals surface area contributed by atoms with Crippen LogP contribution < -0.4 is 4.90 Å². The standard InChI is InChI=1S/C8H13N3OS/c1-6-4-11(5-7(2)12-6)8-3-9-13-10-8/h3,6-7H,4-5H2,1-2H3/t6-,7-/m1/s1. The highest BCUT2D eigenvalue weighted by Gasteiger charge is 2.23. The van der Waals surface area contributed by atoms with Gasteiger partial charge in [0.05, 0.1) is 30.1 Å². The average molecular weight is 199 g/mol. The molecular weight excluding hydrogens is 186 g/mol. The summed E-state index contributed by atoms with van der Waals surface area (Å²) in [5.74, 6) is 0.979. The number of ether oxygens (including phenoxy) is 1. The van der Waals surface area contributed by atoms with Gasteiger partial charge in [-0.05, 0) is 13.8 Å². The van der Waals surface area contributed by atoms with Gasteiger partial charge in [-0.15, -0.1) is 0 Å². The molecule has 0 radical (unpaired) electrons. The van der Waals surface area contributed by atoms with Crippen LogP contribution in [0, 0.1) is 0 Å². The minimum absolute atomic E-state index is 0.283. The van der Waals surface area contributed by atoms with Crippen molar-refractivity contribution < 1.29 is 4.74 Å². The van der Waals surface area contributed by atoms with E-state index in [1.807, 2.05) is 6.20 Å². The Morgan fingerprint density at radius 1 is 1.46 bits per heavy atom. The maximum absolute atomic E-state index is 5.63. The third kappa shape index (κ3) is 1.97. The Hall–Kier alpha value is -0.680. The lowest BCUT2D eigenvalue weighted by Crippen LogP contribution is -2.45. The van der Waals surface area contributed by atoms with Crippen molar-refractivity contribution in [1.82, 2.24) is 8.75 Å². The number of nitrogens with zero attached hydrogens (tertiary/aromatic N) is 3. The summed E-state index contributed by atoms with van der Waals surface area (Å²) in [6, 6.07) is 0.